The van der Waals surface area contributed by atoms with Gasteiger partial charge in [-0.3, -0.25) is 8.89 Å². The Bertz CT molecular complexity index is 694. The second kappa shape index (κ2) is 5.51. The highest BCUT2D eigenvalue weighted by Gasteiger charge is 2.31. The molecular weight excluding hydrogens is 303 g/mol. The first kappa shape index (κ1) is 15.6. The normalized spacial score (nSPS) is 13.4. The van der Waals surface area contributed by atoms with Crippen molar-refractivity contribution in [1.29, 1.82) is 0 Å². The average Bonchev–Trinajstić information content (AvgIpc) is 2.66. The fourth-order valence-corrected chi connectivity index (χ4v) is 3.18. The zero-order valence-corrected chi connectivity index (χ0v) is 12.3. The molecule has 2 rings (SSSR count). The fraction of sp³-hybridized carbons (Fsp3) is 0.308. The number of aromatic nitrogens is 2. The molecule has 0 saturated heterocycles. The van der Waals surface area contributed by atoms with Gasteiger partial charge in [0.1, 0.15) is 0 Å². The van der Waals surface area contributed by atoms with Crippen LogP contribution in [0.1, 0.15) is 17.0 Å². The van der Waals surface area contributed by atoms with Crippen LogP contribution in [-0.2, 0) is 29.8 Å². The van der Waals surface area contributed by atoms with E-state index in [0.717, 1.165) is 29.6 Å². The van der Waals surface area contributed by atoms with Crippen LogP contribution in [0, 0.1) is 6.92 Å². The highest BCUT2D eigenvalue weighted by Crippen LogP contribution is 2.32. The summed E-state index contributed by atoms with van der Waals surface area (Å²) in [6.45, 7) is 1.80. The maximum Gasteiger partial charge on any atom is 0.416 e. The summed E-state index contributed by atoms with van der Waals surface area (Å²) >= 11 is 0. The van der Waals surface area contributed by atoms with Crippen molar-refractivity contribution < 1.29 is 17.4 Å². The van der Waals surface area contributed by atoms with Crippen molar-refractivity contribution in [1.82, 2.24) is 9.78 Å². The summed E-state index contributed by atoms with van der Waals surface area (Å²) in [5, 5.41) is 4.13. The fourth-order valence-electron chi connectivity index (χ4n) is 1.94. The van der Waals surface area contributed by atoms with Gasteiger partial charge in [0, 0.05) is 12.7 Å². The van der Waals surface area contributed by atoms with Gasteiger partial charge in [-0.05, 0) is 31.2 Å². The van der Waals surface area contributed by atoms with Crippen LogP contribution >= 0.6 is 0 Å². The van der Waals surface area contributed by atoms with Crippen molar-refractivity contribution >= 4 is 16.5 Å². The number of anilines is 1. The number of rotatable bonds is 3. The van der Waals surface area contributed by atoms with Gasteiger partial charge in [-0.1, -0.05) is 0 Å². The lowest BCUT2D eigenvalue weighted by Crippen LogP contribution is -2.09. The topological polar surface area (TPSA) is 60.9 Å². The molecule has 0 radical (unpaired) electrons. The SMILES string of the molecule is Cc1cc(CS(=O)c2ccc(C(F)(F)F)cc2N)n(C)n1. The predicted molar refractivity (Wildman–Crippen MR) is 73.9 cm³/mol. The van der Waals surface area contributed by atoms with Gasteiger partial charge in [0.05, 0.1) is 38.4 Å². The molecule has 0 amide bonds. The first-order valence-corrected chi connectivity index (χ1v) is 7.35. The number of hydrogen-bond acceptors (Lipinski definition) is 3. The van der Waals surface area contributed by atoms with E-state index in [1.54, 1.807) is 24.7 Å². The molecule has 1 heterocycles. The van der Waals surface area contributed by atoms with E-state index in [0.29, 0.717) is 0 Å². The molecule has 8 heteroatoms. The van der Waals surface area contributed by atoms with Crippen LogP contribution < -0.4 is 5.73 Å². The van der Waals surface area contributed by atoms with E-state index in [2.05, 4.69) is 5.10 Å². The molecule has 0 bridgehead atoms. The van der Waals surface area contributed by atoms with Crippen LogP contribution in [0.4, 0.5) is 18.9 Å². The monoisotopic (exact) mass is 317 g/mol. The number of halogens is 3. The molecule has 1 atom stereocenters. The van der Waals surface area contributed by atoms with Crippen LogP contribution in [0.2, 0.25) is 0 Å². The Balaban J connectivity index is 2.26. The van der Waals surface area contributed by atoms with Crippen molar-refractivity contribution in [2.75, 3.05) is 5.73 Å². The lowest BCUT2D eigenvalue weighted by atomic mass is 10.2. The molecule has 0 aliphatic heterocycles. The van der Waals surface area contributed by atoms with Gasteiger partial charge < -0.3 is 5.73 Å². The number of nitrogen functional groups attached to an aromatic ring is 1. The second-order valence-electron chi connectivity index (χ2n) is 4.64. The van der Waals surface area contributed by atoms with Gasteiger partial charge in [-0.2, -0.15) is 18.3 Å². The molecule has 2 N–H and O–H groups in total. The Kier molecular flexibility index (Phi) is 4.08. The van der Waals surface area contributed by atoms with Crippen LogP contribution in [0.25, 0.3) is 0 Å². The van der Waals surface area contributed by atoms with Crippen molar-refractivity contribution in [3.05, 3.63) is 41.2 Å². The van der Waals surface area contributed by atoms with Crippen LogP contribution in [0.5, 0.6) is 0 Å². The van der Waals surface area contributed by atoms with Gasteiger partial charge >= 0.3 is 6.18 Å². The molecule has 114 valence electrons. The second-order valence-corrected chi connectivity index (χ2v) is 6.06. The Morgan fingerprint density at radius 3 is 2.48 bits per heavy atom. The molecule has 1 unspecified atom stereocenters. The molecule has 0 aliphatic rings. The molecular formula is C13H14F3N3OS. The summed E-state index contributed by atoms with van der Waals surface area (Å²) in [7, 11) is 0.187. The van der Waals surface area contributed by atoms with Crippen LogP contribution in [0.15, 0.2) is 29.2 Å². The number of nitrogens with zero attached hydrogens (tertiary/aromatic N) is 2. The number of benzene rings is 1. The standard InChI is InChI=1S/C13H14F3N3OS/c1-8-5-10(19(2)18-8)7-21(20)12-4-3-9(6-11(12)17)13(14,15)16/h3-6H,7,17H2,1-2H3. The predicted octanol–water partition coefficient (Wildman–Crippen LogP) is 2.64. The number of aryl methyl sites for hydroxylation is 2. The molecule has 0 fully saturated rings. The zero-order valence-electron chi connectivity index (χ0n) is 11.4. The Labute approximate surface area is 122 Å². The van der Waals surface area contributed by atoms with Gasteiger partial charge in [-0.25, -0.2) is 0 Å². The average molecular weight is 317 g/mol. The van der Waals surface area contributed by atoms with Gasteiger partial charge in [0.15, 0.2) is 0 Å². The molecule has 2 aromatic rings. The third-order valence-electron chi connectivity index (χ3n) is 2.96. The van der Waals surface area contributed by atoms with Crippen molar-refractivity contribution in [2.45, 2.75) is 23.7 Å². The minimum Gasteiger partial charge on any atom is -0.398 e. The summed E-state index contributed by atoms with van der Waals surface area (Å²) in [6.07, 6.45) is -4.46. The maximum absolute atomic E-state index is 12.6. The Morgan fingerprint density at radius 2 is 2.00 bits per heavy atom. The van der Waals surface area contributed by atoms with Gasteiger partial charge in [0.25, 0.3) is 0 Å². The summed E-state index contributed by atoms with van der Waals surface area (Å²) in [5.41, 5.74) is 6.14. The highest BCUT2D eigenvalue weighted by atomic mass is 32.2. The summed E-state index contributed by atoms with van der Waals surface area (Å²) in [5.74, 6) is 0.146. The largest absolute Gasteiger partial charge is 0.416 e. The lowest BCUT2D eigenvalue weighted by Gasteiger charge is -2.10. The number of alkyl halides is 3. The van der Waals surface area contributed by atoms with Crippen molar-refractivity contribution in [3.63, 3.8) is 0 Å². The van der Waals surface area contributed by atoms with E-state index in [-0.39, 0.29) is 16.3 Å². The lowest BCUT2D eigenvalue weighted by molar-refractivity contribution is -0.137. The third-order valence-corrected chi connectivity index (χ3v) is 4.38. The Hall–Kier alpha value is -1.83. The van der Waals surface area contributed by atoms with Gasteiger partial charge in [0.2, 0.25) is 0 Å². The number of hydrogen-bond donors (Lipinski definition) is 1. The van der Waals surface area contributed by atoms with Gasteiger partial charge in [-0.15, -0.1) is 0 Å². The summed E-state index contributed by atoms with van der Waals surface area (Å²) in [6, 6.07) is 4.63. The molecule has 0 spiro atoms. The van der Waals surface area contributed by atoms with Crippen molar-refractivity contribution in [2.24, 2.45) is 7.05 Å². The Morgan fingerprint density at radius 1 is 1.33 bits per heavy atom. The van der Waals surface area contributed by atoms with E-state index in [9.17, 15) is 17.4 Å². The van der Waals surface area contributed by atoms with Crippen LogP contribution in [-0.4, -0.2) is 14.0 Å². The van der Waals surface area contributed by atoms with Crippen LogP contribution in [0.3, 0.4) is 0 Å². The molecule has 4 nitrogen and oxygen atoms in total. The molecule has 1 aromatic heterocycles. The minimum atomic E-state index is -4.46. The maximum atomic E-state index is 12.6. The third kappa shape index (κ3) is 3.44. The first-order valence-electron chi connectivity index (χ1n) is 6.03. The molecule has 1 aromatic carbocycles. The first-order chi connectivity index (χ1) is 9.68. The number of nitrogens with two attached hydrogens (primary N) is 1. The van der Waals surface area contributed by atoms with E-state index < -0.39 is 22.5 Å². The highest BCUT2D eigenvalue weighted by molar-refractivity contribution is 7.84. The molecule has 0 aliphatic carbocycles. The summed E-state index contributed by atoms with van der Waals surface area (Å²) < 4.78 is 51.5. The van der Waals surface area contributed by atoms with Crippen molar-refractivity contribution in [3.8, 4) is 0 Å². The molecule has 21 heavy (non-hydrogen) atoms. The minimum absolute atomic E-state index is 0.123. The van der Waals surface area contributed by atoms with E-state index >= 15 is 0 Å². The van der Waals surface area contributed by atoms with E-state index in [4.69, 9.17) is 5.73 Å². The molecule has 0 saturated carbocycles. The zero-order chi connectivity index (χ0) is 15.8. The summed E-state index contributed by atoms with van der Waals surface area (Å²) in [4.78, 5) is 0.196. The van der Waals surface area contributed by atoms with E-state index in [1.807, 2.05) is 0 Å². The smallest absolute Gasteiger partial charge is 0.398 e. The van der Waals surface area contributed by atoms with E-state index in [1.165, 1.54) is 0 Å². The quantitative estimate of drug-likeness (QED) is 0.885.